The number of nitrogens with zero attached hydrogens (tertiary/aromatic N) is 1. The van der Waals surface area contributed by atoms with Gasteiger partial charge in [0, 0.05) is 22.7 Å². The first kappa shape index (κ1) is 23.2. The van der Waals surface area contributed by atoms with Gasteiger partial charge in [-0.15, -0.1) is 0 Å². The third-order valence-corrected chi connectivity index (χ3v) is 7.45. The van der Waals surface area contributed by atoms with Crippen LogP contribution in [0.2, 0.25) is 0 Å². The molecule has 2 fully saturated rings. The Hall–Kier alpha value is -2.55. The number of hydrogen-bond acceptors (Lipinski definition) is 2. The fourth-order valence-corrected chi connectivity index (χ4v) is 5.64. The molecule has 2 heterocycles. The number of anilines is 1. The van der Waals surface area contributed by atoms with Crippen molar-refractivity contribution in [3.05, 3.63) is 64.7 Å². The lowest BCUT2D eigenvalue weighted by Crippen LogP contribution is -2.52. The molecule has 5 rings (SSSR count). The molecule has 2 aromatic carbocycles. The van der Waals surface area contributed by atoms with E-state index in [1.807, 2.05) is 12.1 Å². The Morgan fingerprint density at radius 1 is 0.941 bits per heavy atom. The van der Waals surface area contributed by atoms with Crippen LogP contribution in [-0.4, -0.2) is 25.0 Å². The van der Waals surface area contributed by atoms with E-state index in [0.717, 1.165) is 44.3 Å². The van der Waals surface area contributed by atoms with Crippen molar-refractivity contribution in [3.8, 4) is 0 Å². The topological polar surface area (TPSA) is 32.3 Å². The summed E-state index contributed by atoms with van der Waals surface area (Å²) < 4.78 is 80.8. The van der Waals surface area contributed by atoms with Crippen LogP contribution in [0.25, 0.3) is 0 Å². The van der Waals surface area contributed by atoms with Gasteiger partial charge in [0.1, 0.15) is 0 Å². The minimum Gasteiger partial charge on any atom is -0.317 e. The second-order valence-corrected chi connectivity index (χ2v) is 9.59. The first-order chi connectivity index (χ1) is 16.0. The maximum Gasteiger partial charge on any atom is 0.416 e. The van der Waals surface area contributed by atoms with E-state index in [4.69, 9.17) is 0 Å². The lowest BCUT2D eigenvalue weighted by Gasteiger charge is -2.42. The number of para-hydroxylation sites is 1. The van der Waals surface area contributed by atoms with E-state index >= 15 is 0 Å². The first-order valence-corrected chi connectivity index (χ1v) is 11.4. The number of benzene rings is 2. The van der Waals surface area contributed by atoms with Gasteiger partial charge in [-0.2, -0.15) is 26.3 Å². The van der Waals surface area contributed by atoms with Gasteiger partial charge in [0.25, 0.3) is 5.91 Å². The average molecular weight is 482 g/mol. The average Bonchev–Trinajstić information content (AvgIpc) is 3.58. The van der Waals surface area contributed by atoms with E-state index in [9.17, 15) is 31.1 Å². The third kappa shape index (κ3) is 3.97. The molecule has 3 aliphatic rings. The van der Waals surface area contributed by atoms with Gasteiger partial charge in [0.05, 0.1) is 11.1 Å². The van der Waals surface area contributed by atoms with Crippen molar-refractivity contribution in [2.75, 3.05) is 18.0 Å². The number of hydrogen-bond donors (Lipinski definition) is 1. The molecule has 0 bridgehead atoms. The Kier molecular flexibility index (Phi) is 5.46. The molecule has 0 unspecified atom stereocenters. The number of rotatable bonds is 3. The largest absolute Gasteiger partial charge is 0.416 e. The molecular weight excluding hydrogens is 458 g/mol. The molecule has 2 aromatic rings. The van der Waals surface area contributed by atoms with Gasteiger partial charge in [0.2, 0.25) is 0 Å². The maximum atomic E-state index is 13.8. The minimum atomic E-state index is -5.01. The molecule has 0 radical (unpaired) electrons. The van der Waals surface area contributed by atoms with E-state index in [1.54, 1.807) is 12.1 Å². The lowest BCUT2D eigenvalue weighted by atomic mass is 9.68. The predicted octanol–water partition coefficient (Wildman–Crippen LogP) is 6.17. The number of amides is 1. The van der Waals surface area contributed by atoms with Crippen molar-refractivity contribution < 1.29 is 31.1 Å². The van der Waals surface area contributed by atoms with Gasteiger partial charge < -0.3 is 10.2 Å². The zero-order valence-electron chi connectivity index (χ0n) is 18.3. The molecule has 1 amide bonds. The van der Waals surface area contributed by atoms with Gasteiger partial charge in [-0.1, -0.05) is 31.0 Å². The van der Waals surface area contributed by atoms with Gasteiger partial charge in [-0.25, -0.2) is 0 Å². The molecule has 1 N–H and O–H groups in total. The second kappa shape index (κ2) is 8.00. The molecule has 2 aliphatic heterocycles. The normalized spacial score (nSPS) is 22.2. The summed E-state index contributed by atoms with van der Waals surface area (Å²) in [4.78, 5) is 15.3. The van der Waals surface area contributed by atoms with Crippen LogP contribution in [0.1, 0.15) is 59.2 Å². The van der Waals surface area contributed by atoms with Gasteiger partial charge >= 0.3 is 12.4 Å². The molecule has 0 aromatic heterocycles. The van der Waals surface area contributed by atoms with Crippen LogP contribution in [0.5, 0.6) is 0 Å². The highest BCUT2D eigenvalue weighted by atomic mass is 19.4. The van der Waals surface area contributed by atoms with Crippen LogP contribution in [0.4, 0.5) is 32.0 Å². The first-order valence-electron chi connectivity index (χ1n) is 11.4. The summed E-state index contributed by atoms with van der Waals surface area (Å²) in [6.07, 6.45) is -5.80. The fourth-order valence-electron chi connectivity index (χ4n) is 5.64. The third-order valence-electron chi connectivity index (χ3n) is 7.45. The van der Waals surface area contributed by atoms with E-state index in [2.05, 4.69) is 5.32 Å². The monoisotopic (exact) mass is 482 g/mol. The van der Waals surface area contributed by atoms with Crippen LogP contribution in [-0.2, 0) is 17.8 Å². The number of carbonyl (C=O) groups is 1. The number of fused-ring (bicyclic) bond motifs is 2. The summed E-state index contributed by atoms with van der Waals surface area (Å²) >= 11 is 0. The van der Waals surface area contributed by atoms with Crippen molar-refractivity contribution in [1.29, 1.82) is 0 Å². The maximum absolute atomic E-state index is 13.8. The summed E-state index contributed by atoms with van der Waals surface area (Å²) in [6.45, 7) is 1.47. The number of carbonyl (C=O) groups excluding carboxylic acids is 1. The zero-order valence-corrected chi connectivity index (χ0v) is 18.3. The molecule has 9 heteroatoms. The smallest absolute Gasteiger partial charge is 0.317 e. The molecular formula is C25H24F6N2O. The second-order valence-electron chi connectivity index (χ2n) is 9.59. The molecule has 1 aliphatic carbocycles. The Bertz CT molecular complexity index is 1070. The van der Waals surface area contributed by atoms with Crippen molar-refractivity contribution >= 4 is 11.6 Å². The molecule has 1 saturated heterocycles. The van der Waals surface area contributed by atoms with E-state index in [0.29, 0.717) is 30.2 Å². The molecule has 1 spiro atoms. The summed E-state index contributed by atoms with van der Waals surface area (Å²) in [5, 5.41) is 3.33. The molecule has 34 heavy (non-hydrogen) atoms. The minimum absolute atomic E-state index is 0.0602. The van der Waals surface area contributed by atoms with Crippen molar-refractivity contribution in [3.63, 3.8) is 0 Å². The highest BCUT2D eigenvalue weighted by molar-refractivity contribution is 6.08. The van der Waals surface area contributed by atoms with Gasteiger partial charge in [-0.3, -0.25) is 4.79 Å². The Balaban J connectivity index is 1.64. The summed E-state index contributed by atoms with van der Waals surface area (Å²) in [6, 6.07) is 8.16. The van der Waals surface area contributed by atoms with Crippen LogP contribution in [0, 0.1) is 5.92 Å². The Labute approximate surface area is 193 Å². The molecule has 1 atom stereocenters. The number of halogens is 6. The van der Waals surface area contributed by atoms with E-state index in [-0.39, 0.29) is 17.5 Å². The zero-order chi connectivity index (χ0) is 24.3. The molecule has 182 valence electrons. The summed E-state index contributed by atoms with van der Waals surface area (Å²) in [7, 11) is 0. The highest BCUT2D eigenvalue weighted by Crippen LogP contribution is 2.54. The van der Waals surface area contributed by atoms with E-state index in [1.165, 1.54) is 4.90 Å². The van der Waals surface area contributed by atoms with Gasteiger partial charge in [0.15, 0.2) is 0 Å². The number of alkyl halides is 6. The van der Waals surface area contributed by atoms with Crippen molar-refractivity contribution in [2.45, 2.75) is 55.9 Å². The quantitative estimate of drug-likeness (QED) is 0.531. The van der Waals surface area contributed by atoms with Crippen LogP contribution in [0.15, 0.2) is 42.5 Å². The van der Waals surface area contributed by atoms with Crippen LogP contribution >= 0.6 is 0 Å². The number of piperidine rings is 1. The Morgan fingerprint density at radius 2 is 1.53 bits per heavy atom. The fraction of sp³-hybridized carbons (Fsp3) is 0.480. The highest BCUT2D eigenvalue weighted by Gasteiger charge is 2.54. The number of nitrogens with one attached hydrogen (secondary N) is 1. The summed E-state index contributed by atoms with van der Waals surface area (Å²) in [5.41, 5.74) is -2.37. The van der Waals surface area contributed by atoms with E-state index < -0.39 is 35.0 Å². The van der Waals surface area contributed by atoms with Crippen molar-refractivity contribution in [2.24, 2.45) is 5.92 Å². The van der Waals surface area contributed by atoms with Crippen LogP contribution < -0.4 is 10.2 Å². The Morgan fingerprint density at radius 3 is 2.09 bits per heavy atom. The van der Waals surface area contributed by atoms with Crippen LogP contribution in [0.3, 0.4) is 0 Å². The molecule has 3 nitrogen and oxygen atoms in total. The SMILES string of the molecule is O=C(c1cc(C(F)(F)F)cc(C(F)(F)F)c1)N1c2ccccc2C2(CCNCC2)[C@H]1CC1CC1. The lowest BCUT2D eigenvalue weighted by molar-refractivity contribution is -0.143. The predicted molar refractivity (Wildman–Crippen MR) is 115 cm³/mol. The van der Waals surface area contributed by atoms with Gasteiger partial charge in [-0.05, 0) is 68.1 Å². The van der Waals surface area contributed by atoms with Crippen molar-refractivity contribution in [1.82, 2.24) is 5.32 Å². The molecule has 1 saturated carbocycles. The summed E-state index contributed by atoms with van der Waals surface area (Å²) in [5.74, 6) is -0.404. The standard InChI is InChI=1S/C25H24F6N2O/c26-24(27,28)17-12-16(13-18(14-17)25(29,30)31)22(34)33-20-4-2-1-3-19(20)23(7-9-32-10-8-23)21(33)11-15-5-6-15/h1-4,12-15,21,32H,5-11H2/t21-/m1/s1.